The van der Waals surface area contributed by atoms with Gasteiger partial charge in [-0.1, -0.05) is 5.21 Å². The summed E-state index contributed by atoms with van der Waals surface area (Å²) in [6.45, 7) is 1.32. The normalized spacial score (nSPS) is 18.2. The van der Waals surface area contributed by atoms with E-state index in [1.54, 1.807) is 35.4 Å². The number of rotatable bonds is 4. The molecular formula is C17H20N6O2. The molecule has 0 unspecified atom stereocenters. The Labute approximate surface area is 145 Å². The van der Waals surface area contributed by atoms with Crippen LogP contribution in [0.3, 0.4) is 0 Å². The van der Waals surface area contributed by atoms with Gasteiger partial charge in [0.05, 0.1) is 12.2 Å². The summed E-state index contributed by atoms with van der Waals surface area (Å²) >= 11 is 0. The fourth-order valence-electron chi connectivity index (χ4n) is 3.06. The maximum Gasteiger partial charge on any atom is 0.273 e. The summed E-state index contributed by atoms with van der Waals surface area (Å²) in [4.78, 5) is 30.3. The van der Waals surface area contributed by atoms with E-state index >= 15 is 0 Å². The molecule has 0 radical (unpaired) electrons. The van der Waals surface area contributed by atoms with Crippen molar-refractivity contribution in [2.75, 3.05) is 13.1 Å². The first kappa shape index (κ1) is 15.7. The Hall–Kier alpha value is -2.77. The largest absolute Gasteiger partial charge is 0.348 e. The van der Waals surface area contributed by atoms with E-state index in [1.807, 2.05) is 4.90 Å². The molecular weight excluding hydrogens is 320 g/mol. The molecule has 4 rings (SSSR count). The molecule has 2 aromatic heterocycles. The molecule has 8 nitrogen and oxygen atoms in total. The van der Waals surface area contributed by atoms with Gasteiger partial charge in [0.15, 0.2) is 5.69 Å². The second-order valence-corrected chi connectivity index (χ2v) is 6.59. The van der Waals surface area contributed by atoms with E-state index in [0.29, 0.717) is 30.4 Å². The van der Waals surface area contributed by atoms with Gasteiger partial charge in [-0.2, -0.15) is 0 Å². The van der Waals surface area contributed by atoms with Gasteiger partial charge in [-0.05, 0) is 37.8 Å². The first-order valence-electron chi connectivity index (χ1n) is 8.63. The van der Waals surface area contributed by atoms with E-state index in [1.165, 1.54) is 0 Å². The van der Waals surface area contributed by atoms with Crippen molar-refractivity contribution in [1.29, 1.82) is 0 Å². The van der Waals surface area contributed by atoms with Crippen molar-refractivity contribution in [3.63, 3.8) is 0 Å². The highest BCUT2D eigenvalue weighted by Crippen LogP contribution is 2.23. The number of nitrogens with one attached hydrogen (secondary N) is 1. The van der Waals surface area contributed by atoms with E-state index in [2.05, 4.69) is 20.6 Å². The number of carbonyl (C=O) groups is 2. The van der Waals surface area contributed by atoms with E-state index < -0.39 is 0 Å². The zero-order valence-corrected chi connectivity index (χ0v) is 13.8. The van der Waals surface area contributed by atoms with Gasteiger partial charge in [0.2, 0.25) is 0 Å². The molecule has 0 bridgehead atoms. The van der Waals surface area contributed by atoms with Gasteiger partial charge >= 0.3 is 0 Å². The molecule has 0 atom stereocenters. The third kappa shape index (κ3) is 3.52. The zero-order valence-electron chi connectivity index (χ0n) is 13.8. The second kappa shape index (κ2) is 6.62. The summed E-state index contributed by atoms with van der Waals surface area (Å²) in [6.07, 6.45) is 8.65. The van der Waals surface area contributed by atoms with Crippen molar-refractivity contribution in [3.8, 4) is 0 Å². The molecule has 1 N–H and O–H groups in total. The Morgan fingerprint density at radius 3 is 2.48 bits per heavy atom. The van der Waals surface area contributed by atoms with Gasteiger partial charge in [0.25, 0.3) is 11.8 Å². The van der Waals surface area contributed by atoms with Crippen LogP contribution in [0.2, 0.25) is 0 Å². The molecule has 0 aromatic carbocycles. The van der Waals surface area contributed by atoms with Crippen LogP contribution in [0.15, 0.2) is 30.7 Å². The SMILES string of the molecule is O=C(NC1CC1)c1cn(C2CCN(C(=O)c3ccncc3)CC2)nn1. The van der Waals surface area contributed by atoms with Crippen LogP contribution in [0.4, 0.5) is 0 Å². The van der Waals surface area contributed by atoms with Gasteiger partial charge in [0.1, 0.15) is 0 Å². The summed E-state index contributed by atoms with van der Waals surface area (Å²) in [5.74, 6) is -0.122. The number of hydrogen-bond acceptors (Lipinski definition) is 5. The van der Waals surface area contributed by atoms with Crippen molar-refractivity contribution in [3.05, 3.63) is 42.0 Å². The maximum absolute atomic E-state index is 12.5. The molecule has 2 amide bonds. The molecule has 0 spiro atoms. The van der Waals surface area contributed by atoms with E-state index in [0.717, 1.165) is 25.7 Å². The van der Waals surface area contributed by atoms with Crippen molar-refractivity contribution in [1.82, 2.24) is 30.2 Å². The van der Waals surface area contributed by atoms with E-state index in [-0.39, 0.29) is 17.9 Å². The maximum atomic E-state index is 12.5. The quantitative estimate of drug-likeness (QED) is 0.898. The molecule has 2 fully saturated rings. The first-order valence-corrected chi connectivity index (χ1v) is 8.63. The van der Waals surface area contributed by atoms with Crippen LogP contribution in [0.25, 0.3) is 0 Å². The molecule has 8 heteroatoms. The molecule has 3 heterocycles. The minimum atomic E-state index is -0.154. The fourth-order valence-corrected chi connectivity index (χ4v) is 3.06. The summed E-state index contributed by atoms with van der Waals surface area (Å²) in [6, 6.07) is 3.93. The number of hydrogen-bond donors (Lipinski definition) is 1. The standard InChI is InChI=1S/C17H20N6O2/c24-16(19-13-1-2-13)15-11-23(21-20-15)14-5-9-22(10-6-14)17(25)12-3-7-18-8-4-12/h3-4,7-8,11,13-14H,1-2,5-6,9-10H2,(H,19,24). The molecule has 2 aliphatic rings. The number of pyridine rings is 1. The zero-order chi connectivity index (χ0) is 17.2. The lowest BCUT2D eigenvalue weighted by atomic mass is 10.0. The predicted molar refractivity (Wildman–Crippen MR) is 88.9 cm³/mol. The Balaban J connectivity index is 1.35. The number of aromatic nitrogens is 4. The molecule has 130 valence electrons. The molecule has 1 saturated heterocycles. The topological polar surface area (TPSA) is 93.0 Å². The highest BCUT2D eigenvalue weighted by Gasteiger charge is 2.28. The van der Waals surface area contributed by atoms with Crippen LogP contribution in [-0.2, 0) is 0 Å². The highest BCUT2D eigenvalue weighted by molar-refractivity contribution is 5.94. The summed E-state index contributed by atoms with van der Waals surface area (Å²) in [7, 11) is 0. The van der Waals surface area contributed by atoms with Gasteiger partial charge < -0.3 is 10.2 Å². The third-order valence-corrected chi connectivity index (χ3v) is 4.71. The van der Waals surface area contributed by atoms with Crippen LogP contribution in [-0.4, -0.2) is 55.8 Å². The van der Waals surface area contributed by atoms with Crippen molar-refractivity contribution in [2.24, 2.45) is 0 Å². The molecule has 2 aromatic rings. The monoisotopic (exact) mass is 340 g/mol. The van der Waals surface area contributed by atoms with Crippen molar-refractivity contribution in [2.45, 2.75) is 37.8 Å². The van der Waals surface area contributed by atoms with Crippen molar-refractivity contribution < 1.29 is 9.59 Å². The lowest BCUT2D eigenvalue weighted by Crippen LogP contribution is -2.39. The van der Waals surface area contributed by atoms with Gasteiger partial charge in [0, 0.05) is 37.1 Å². The van der Waals surface area contributed by atoms with Crippen LogP contribution >= 0.6 is 0 Å². The third-order valence-electron chi connectivity index (χ3n) is 4.71. The van der Waals surface area contributed by atoms with Gasteiger partial charge in [-0.25, -0.2) is 4.68 Å². The van der Waals surface area contributed by atoms with Crippen LogP contribution in [0.1, 0.15) is 52.6 Å². The Kier molecular flexibility index (Phi) is 4.17. The summed E-state index contributed by atoms with van der Waals surface area (Å²) < 4.78 is 1.76. The van der Waals surface area contributed by atoms with Crippen LogP contribution in [0.5, 0.6) is 0 Å². The second-order valence-electron chi connectivity index (χ2n) is 6.59. The molecule has 25 heavy (non-hydrogen) atoms. The van der Waals surface area contributed by atoms with Crippen LogP contribution < -0.4 is 5.32 Å². The number of piperidine rings is 1. The van der Waals surface area contributed by atoms with Gasteiger partial charge in [-0.15, -0.1) is 5.10 Å². The highest BCUT2D eigenvalue weighted by atomic mass is 16.2. The average Bonchev–Trinajstić information content (AvgIpc) is 3.33. The minimum Gasteiger partial charge on any atom is -0.348 e. The number of nitrogens with zero attached hydrogens (tertiary/aromatic N) is 5. The Morgan fingerprint density at radius 1 is 1.08 bits per heavy atom. The molecule has 1 saturated carbocycles. The van der Waals surface area contributed by atoms with Gasteiger partial charge in [-0.3, -0.25) is 14.6 Å². The first-order chi connectivity index (χ1) is 12.2. The van der Waals surface area contributed by atoms with E-state index in [9.17, 15) is 9.59 Å². The lowest BCUT2D eigenvalue weighted by Gasteiger charge is -2.31. The lowest BCUT2D eigenvalue weighted by molar-refractivity contribution is 0.0689. The summed E-state index contributed by atoms with van der Waals surface area (Å²) in [5, 5.41) is 11.0. The molecule has 1 aliphatic carbocycles. The molecule has 1 aliphatic heterocycles. The smallest absolute Gasteiger partial charge is 0.273 e. The fraction of sp³-hybridized carbons (Fsp3) is 0.471. The van der Waals surface area contributed by atoms with E-state index in [4.69, 9.17) is 0 Å². The summed E-state index contributed by atoms with van der Waals surface area (Å²) in [5.41, 5.74) is 1.02. The number of carbonyl (C=O) groups excluding carboxylic acids is 2. The van der Waals surface area contributed by atoms with Crippen molar-refractivity contribution >= 4 is 11.8 Å². The number of amides is 2. The minimum absolute atomic E-state index is 0.0314. The Bertz CT molecular complexity index is 762. The van der Waals surface area contributed by atoms with Crippen LogP contribution in [0, 0.1) is 0 Å². The Morgan fingerprint density at radius 2 is 1.80 bits per heavy atom. The number of likely N-dealkylation sites (tertiary alicyclic amines) is 1. The average molecular weight is 340 g/mol. The predicted octanol–water partition coefficient (Wildman–Crippen LogP) is 1.04.